The Morgan fingerprint density at radius 1 is 1.40 bits per heavy atom. The predicted molar refractivity (Wildman–Crippen MR) is 109 cm³/mol. The quantitative estimate of drug-likeness (QED) is 0.501. The molecule has 4 N–H and O–H groups in total. The van der Waals surface area contributed by atoms with Crippen LogP contribution in [0.2, 0.25) is 0 Å². The van der Waals surface area contributed by atoms with Gasteiger partial charge >= 0.3 is 6.18 Å². The number of alkyl halides is 3. The van der Waals surface area contributed by atoms with Crippen LogP contribution in [0.5, 0.6) is 0 Å². The van der Waals surface area contributed by atoms with Gasteiger partial charge < -0.3 is 16.4 Å². The Labute approximate surface area is 174 Å². The number of pyridine rings is 1. The lowest BCUT2D eigenvalue weighted by Crippen LogP contribution is -2.38. The molecular weight excluding hydrogens is 423 g/mol. The first-order valence-corrected chi connectivity index (χ1v) is 11.4. The molecule has 0 aliphatic heterocycles. The molecule has 30 heavy (non-hydrogen) atoms. The van der Waals surface area contributed by atoms with Crippen LogP contribution in [-0.2, 0) is 10.0 Å². The van der Waals surface area contributed by atoms with E-state index in [9.17, 15) is 26.4 Å². The molecule has 0 saturated heterocycles. The third-order valence-corrected chi connectivity index (χ3v) is 6.22. The van der Waals surface area contributed by atoms with Crippen LogP contribution in [0.3, 0.4) is 0 Å². The third kappa shape index (κ3) is 7.63. The van der Waals surface area contributed by atoms with Crippen LogP contribution in [0.1, 0.15) is 36.5 Å². The molecule has 1 aliphatic carbocycles. The van der Waals surface area contributed by atoms with Gasteiger partial charge in [0.25, 0.3) is 5.91 Å². The van der Waals surface area contributed by atoms with Gasteiger partial charge in [-0.25, -0.2) is 13.4 Å². The zero-order chi connectivity index (χ0) is 22.7. The molecule has 1 aromatic heterocycles. The Morgan fingerprint density at radius 3 is 2.57 bits per heavy atom. The largest absolute Gasteiger partial charge is 0.389 e. The maximum absolute atomic E-state index is 12.5. The van der Waals surface area contributed by atoms with E-state index < -0.39 is 34.6 Å². The fraction of sp³-hybridized carbons (Fsp3) is 0.667. The van der Waals surface area contributed by atoms with E-state index in [-0.39, 0.29) is 24.3 Å². The molecule has 0 bridgehead atoms. The first kappa shape index (κ1) is 24.2. The van der Waals surface area contributed by atoms with Gasteiger partial charge in [0.2, 0.25) is 10.0 Å². The van der Waals surface area contributed by atoms with Crippen LogP contribution in [-0.4, -0.2) is 57.9 Å². The first-order valence-electron chi connectivity index (χ1n) is 9.56. The van der Waals surface area contributed by atoms with Crippen molar-refractivity contribution in [1.29, 1.82) is 0 Å². The number of nitrogens with one attached hydrogen (secondary N) is 2. The molecule has 2 rings (SSSR count). The highest BCUT2D eigenvalue weighted by molar-refractivity contribution is 7.92. The maximum Gasteiger partial charge on any atom is 0.389 e. The van der Waals surface area contributed by atoms with E-state index in [0.717, 1.165) is 17.0 Å². The molecule has 8 nitrogen and oxygen atoms in total. The molecule has 12 heteroatoms. The molecule has 1 heterocycles. The van der Waals surface area contributed by atoms with Crippen LogP contribution in [0.25, 0.3) is 0 Å². The average Bonchev–Trinajstić information content (AvgIpc) is 3.35. The van der Waals surface area contributed by atoms with E-state index in [4.69, 9.17) is 5.73 Å². The first-order chi connectivity index (χ1) is 13.8. The number of rotatable bonds is 10. The summed E-state index contributed by atoms with van der Waals surface area (Å²) in [6.07, 6.45) is -3.55. The van der Waals surface area contributed by atoms with Gasteiger partial charge in [0.15, 0.2) is 0 Å². The molecule has 1 fully saturated rings. The number of carbonyl (C=O) groups is 1. The number of hydrogen-bond acceptors (Lipinski definition) is 6. The summed E-state index contributed by atoms with van der Waals surface area (Å²) in [5.74, 6) is 0.907. The number of anilines is 2. The van der Waals surface area contributed by atoms with E-state index in [0.29, 0.717) is 24.2 Å². The van der Waals surface area contributed by atoms with Gasteiger partial charge in [-0.15, -0.1) is 0 Å². The summed E-state index contributed by atoms with van der Waals surface area (Å²) in [6.45, 7) is 2.62. The lowest BCUT2D eigenvalue weighted by atomic mass is 10.1. The Hall–Kier alpha value is -2.08. The molecule has 3 unspecified atom stereocenters. The summed E-state index contributed by atoms with van der Waals surface area (Å²) >= 11 is 0. The average molecular weight is 452 g/mol. The van der Waals surface area contributed by atoms with Crippen LogP contribution in [0, 0.1) is 11.8 Å². The number of sulfonamides is 1. The fourth-order valence-electron chi connectivity index (χ4n) is 2.77. The lowest BCUT2D eigenvalue weighted by Gasteiger charge is -2.19. The highest BCUT2D eigenvalue weighted by Gasteiger charge is 2.32. The van der Waals surface area contributed by atoms with Crippen LogP contribution >= 0.6 is 0 Å². The molecule has 0 aromatic carbocycles. The van der Waals surface area contributed by atoms with Crippen LogP contribution < -0.4 is 20.7 Å². The Bertz CT molecular complexity index is 863. The minimum atomic E-state index is -4.31. The number of nitrogens with zero attached hydrogens (tertiary/aromatic N) is 2. The molecule has 1 aromatic rings. The van der Waals surface area contributed by atoms with Crippen molar-refractivity contribution in [2.75, 3.05) is 36.0 Å². The second-order valence-electron chi connectivity index (χ2n) is 7.81. The highest BCUT2D eigenvalue weighted by atomic mass is 32.2. The SMILES string of the molecule is CC1CC1CNc1cc(C(=O)NCC(N)CCC(F)(F)F)cc(N(C)S(C)(=O)=O)n1. The van der Waals surface area contributed by atoms with Gasteiger partial charge in [0.1, 0.15) is 11.6 Å². The topological polar surface area (TPSA) is 117 Å². The van der Waals surface area contributed by atoms with Crippen molar-refractivity contribution in [3.05, 3.63) is 17.7 Å². The Balaban J connectivity index is 2.10. The third-order valence-electron chi connectivity index (χ3n) is 5.04. The van der Waals surface area contributed by atoms with Crippen LogP contribution in [0.4, 0.5) is 24.8 Å². The summed E-state index contributed by atoms with van der Waals surface area (Å²) in [5.41, 5.74) is 5.78. The molecular formula is C18H28F3N5O3S. The number of nitrogens with two attached hydrogens (primary N) is 1. The second kappa shape index (κ2) is 9.38. The van der Waals surface area contributed by atoms with E-state index in [1.165, 1.54) is 19.2 Å². The number of carbonyl (C=O) groups excluding carboxylic acids is 1. The van der Waals surface area contributed by atoms with Gasteiger partial charge in [-0.3, -0.25) is 9.10 Å². The normalized spacial score (nSPS) is 19.8. The minimum Gasteiger partial charge on any atom is -0.370 e. The van der Waals surface area contributed by atoms with Crippen molar-refractivity contribution in [3.8, 4) is 0 Å². The van der Waals surface area contributed by atoms with Crippen molar-refractivity contribution in [1.82, 2.24) is 10.3 Å². The monoisotopic (exact) mass is 451 g/mol. The van der Waals surface area contributed by atoms with Gasteiger partial charge in [-0.2, -0.15) is 13.2 Å². The van der Waals surface area contributed by atoms with Crippen molar-refractivity contribution in [3.63, 3.8) is 0 Å². The molecule has 170 valence electrons. The standard InChI is InChI=1S/C18H28F3N5O3S/c1-11-6-13(11)9-23-15-7-12(8-16(25-15)26(2)30(3,28)29)17(27)24-10-14(22)4-5-18(19,20)21/h7-8,11,13-14H,4-6,9-10,22H2,1-3H3,(H,23,25)(H,24,27). The summed E-state index contributed by atoms with van der Waals surface area (Å²) in [4.78, 5) is 16.8. The zero-order valence-corrected chi connectivity index (χ0v) is 18.0. The summed E-state index contributed by atoms with van der Waals surface area (Å²) in [5, 5.41) is 5.62. The van der Waals surface area contributed by atoms with E-state index in [1.54, 1.807) is 0 Å². The van der Waals surface area contributed by atoms with E-state index in [1.807, 2.05) is 0 Å². The molecule has 1 amide bonds. The number of aromatic nitrogens is 1. The summed E-state index contributed by atoms with van der Waals surface area (Å²) in [7, 11) is -2.29. The maximum atomic E-state index is 12.5. The van der Waals surface area contributed by atoms with Gasteiger partial charge in [-0.1, -0.05) is 6.92 Å². The van der Waals surface area contributed by atoms with Crippen molar-refractivity contribution in [2.45, 2.75) is 38.4 Å². The fourth-order valence-corrected chi connectivity index (χ4v) is 3.20. The number of halogens is 3. The molecule has 0 radical (unpaired) electrons. The minimum absolute atomic E-state index is 0.0536. The van der Waals surface area contributed by atoms with E-state index >= 15 is 0 Å². The lowest BCUT2D eigenvalue weighted by molar-refractivity contribution is -0.136. The van der Waals surface area contributed by atoms with Gasteiger partial charge in [0, 0.05) is 38.2 Å². The van der Waals surface area contributed by atoms with E-state index in [2.05, 4.69) is 22.5 Å². The zero-order valence-electron chi connectivity index (χ0n) is 17.2. The van der Waals surface area contributed by atoms with Crippen molar-refractivity contribution < 1.29 is 26.4 Å². The predicted octanol–water partition coefficient (Wildman–Crippen LogP) is 1.94. The van der Waals surface area contributed by atoms with Gasteiger partial charge in [0.05, 0.1) is 6.26 Å². The molecule has 0 spiro atoms. The summed E-state index contributed by atoms with van der Waals surface area (Å²) < 4.78 is 61.5. The van der Waals surface area contributed by atoms with Crippen LogP contribution in [0.15, 0.2) is 12.1 Å². The smallest absolute Gasteiger partial charge is 0.370 e. The second-order valence-corrected chi connectivity index (χ2v) is 9.82. The summed E-state index contributed by atoms with van der Waals surface area (Å²) in [6, 6.07) is 1.93. The Kier molecular flexibility index (Phi) is 7.56. The molecule has 1 aliphatic rings. The van der Waals surface area contributed by atoms with Gasteiger partial charge in [-0.05, 0) is 36.8 Å². The molecule has 3 atom stereocenters. The number of amides is 1. The van der Waals surface area contributed by atoms with Crippen molar-refractivity contribution in [2.24, 2.45) is 17.6 Å². The highest BCUT2D eigenvalue weighted by Crippen LogP contribution is 2.37. The number of hydrogen-bond donors (Lipinski definition) is 3. The van der Waals surface area contributed by atoms with Crippen molar-refractivity contribution >= 4 is 27.6 Å². The Morgan fingerprint density at radius 2 is 2.03 bits per heavy atom. The molecule has 1 saturated carbocycles.